The van der Waals surface area contributed by atoms with Crippen molar-refractivity contribution in [3.63, 3.8) is 0 Å². The number of rotatable bonds is 6. The number of benzene rings is 2. The number of hydrogen-bond acceptors (Lipinski definition) is 2. The zero-order chi connectivity index (χ0) is 18.5. The summed E-state index contributed by atoms with van der Waals surface area (Å²) in [6.45, 7) is 2.87. The number of aryl methyl sites for hydroxylation is 1. The van der Waals surface area contributed by atoms with Crippen LogP contribution in [0.1, 0.15) is 31.7 Å². The number of nitrogens with one attached hydrogen (secondary N) is 1. The molecule has 0 radical (unpaired) electrons. The van der Waals surface area contributed by atoms with Crippen LogP contribution < -0.4 is 5.32 Å². The summed E-state index contributed by atoms with van der Waals surface area (Å²) in [4.78, 5) is 14.0. The fourth-order valence-electron chi connectivity index (χ4n) is 3.44. The molecule has 2 aromatic carbocycles. The van der Waals surface area contributed by atoms with E-state index in [4.69, 9.17) is 0 Å². The Morgan fingerprint density at radius 3 is 2.19 bits per heavy atom. The van der Waals surface area contributed by atoms with Crippen LogP contribution >= 0.6 is 0 Å². The first-order valence-electron chi connectivity index (χ1n) is 9.44. The molecule has 0 unspecified atom stereocenters. The highest BCUT2D eigenvalue weighted by atomic mass is 16.3. The minimum atomic E-state index is -0.181. The van der Waals surface area contributed by atoms with Crippen molar-refractivity contribution in [1.82, 2.24) is 4.90 Å². The second kappa shape index (κ2) is 8.37. The molecule has 1 fully saturated rings. The van der Waals surface area contributed by atoms with E-state index in [0.717, 1.165) is 36.9 Å². The van der Waals surface area contributed by atoms with E-state index in [-0.39, 0.29) is 12.1 Å². The maximum absolute atomic E-state index is 12.3. The van der Waals surface area contributed by atoms with Gasteiger partial charge in [-0.2, -0.15) is 0 Å². The van der Waals surface area contributed by atoms with E-state index in [1.54, 1.807) is 11.9 Å². The molecular formula is C22H28N2O2. The Morgan fingerprint density at radius 1 is 1.08 bits per heavy atom. The number of hydrogen-bond donors (Lipinski definition) is 2. The molecule has 1 aliphatic carbocycles. The third-order valence-corrected chi connectivity index (χ3v) is 5.05. The van der Waals surface area contributed by atoms with Gasteiger partial charge in [-0.1, -0.05) is 49.7 Å². The van der Waals surface area contributed by atoms with Gasteiger partial charge in [-0.15, -0.1) is 0 Å². The maximum Gasteiger partial charge on any atom is 0.321 e. The highest BCUT2D eigenvalue weighted by Crippen LogP contribution is 2.28. The minimum Gasteiger partial charge on any atom is -0.393 e. The molecule has 26 heavy (non-hydrogen) atoms. The average Bonchev–Trinajstić information content (AvgIpc) is 2.62. The molecule has 2 aromatic rings. The molecule has 1 aliphatic rings. The number of amides is 2. The predicted molar refractivity (Wildman–Crippen MR) is 106 cm³/mol. The SMILES string of the molecule is CCCc1ccc(-c2ccc(NC(=O)N(C)CC3CC(O)C3)cc2)cc1. The first-order chi connectivity index (χ1) is 12.5. The van der Waals surface area contributed by atoms with Crippen LogP contribution in [-0.4, -0.2) is 35.7 Å². The third-order valence-electron chi connectivity index (χ3n) is 5.05. The molecule has 0 heterocycles. The summed E-state index contributed by atoms with van der Waals surface area (Å²) >= 11 is 0. The molecule has 0 aromatic heterocycles. The summed E-state index contributed by atoms with van der Waals surface area (Å²) < 4.78 is 0. The van der Waals surface area contributed by atoms with E-state index in [2.05, 4.69) is 36.5 Å². The smallest absolute Gasteiger partial charge is 0.321 e. The van der Waals surface area contributed by atoms with Crippen LogP contribution in [0, 0.1) is 5.92 Å². The van der Waals surface area contributed by atoms with Crippen molar-refractivity contribution >= 4 is 11.7 Å². The van der Waals surface area contributed by atoms with Crippen molar-refractivity contribution in [3.8, 4) is 11.1 Å². The lowest BCUT2D eigenvalue weighted by atomic mass is 9.82. The molecule has 0 saturated heterocycles. The van der Waals surface area contributed by atoms with E-state index in [1.165, 1.54) is 11.1 Å². The lowest BCUT2D eigenvalue weighted by Crippen LogP contribution is -2.41. The van der Waals surface area contributed by atoms with Gasteiger partial charge in [-0.25, -0.2) is 4.79 Å². The van der Waals surface area contributed by atoms with Crippen LogP contribution in [0.15, 0.2) is 48.5 Å². The Morgan fingerprint density at radius 2 is 1.65 bits per heavy atom. The normalized spacial score (nSPS) is 18.9. The number of anilines is 1. The van der Waals surface area contributed by atoms with Crippen LogP contribution in [0.3, 0.4) is 0 Å². The van der Waals surface area contributed by atoms with Gasteiger partial charge in [0.15, 0.2) is 0 Å². The first-order valence-corrected chi connectivity index (χ1v) is 9.44. The van der Waals surface area contributed by atoms with E-state index >= 15 is 0 Å². The molecule has 1 saturated carbocycles. The van der Waals surface area contributed by atoms with Gasteiger partial charge >= 0.3 is 6.03 Å². The minimum absolute atomic E-state index is 0.108. The van der Waals surface area contributed by atoms with Crippen LogP contribution in [-0.2, 0) is 6.42 Å². The topological polar surface area (TPSA) is 52.6 Å². The molecule has 4 nitrogen and oxygen atoms in total. The molecule has 3 rings (SSSR count). The molecule has 0 atom stereocenters. The van der Waals surface area contributed by atoms with Crippen LogP contribution in [0.5, 0.6) is 0 Å². The Kier molecular flexibility index (Phi) is 5.94. The van der Waals surface area contributed by atoms with Crippen molar-refractivity contribution < 1.29 is 9.90 Å². The van der Waals surface area contributed by atoms with Gasteiger partial charge in [0.05, 0.1) is 6.10 Å². The molecule has 0 aliphatic heterocycles. The zero-order valence-corrected chi connectivity index (χ0v) is 15.6. The van der Waals surface area contributed by atoms with Crippen molar-refractivity contribution in [2.75, 3.05) is 18.9 Å². The number of nitrogens with zero attached hydrogens (tertiary/aromatic N) is 1. The van der Waals surface area contributed by atoms with Gasteiger partial charge in [-0.05, 0) is 54.0 Å². The number of aliphatic hydroxyl groups excluding tert-OH is 1. The standard InChI is InChI=1S/C22H28N2O2/c1-3-4-16-5-7-18(8-6-16)19-9-11-20(12-10-19)23-22(26)24(2)15-17-13-21(25)14-17/h5-12,17,21,25H,3-4,13-15H2,1-2H3,(H,23,26). The van der Waals surface area contributed by atoms with E-state index < -0.39 is 0 Å². The molecule has 138 valence electrons. The average molecular weight is 352 g/mol. The number of urea groups is 1. The van der Waals surface area contributed by atoms with Crippen LogP contribution in [0.4, 0.5) is 10.5 Å². The highest BCUT2D eigenvalue weighted by Gasteiger charge is 2.29. The quantitative estimate of drug-likeness (QED) is 0.802. The van der Waals surface area contributed by atoms with Crippen molar-refractivity contribution in [1.29, 1.82) is 0 Å². The monoisotopic (exact) mass is 352 g/mol. The summed E-state index contributed by atoms with van der Waals surface area (Å²) in [5, 5.41) is 12.3. The van der Waals surface area contributed by atoms with Gasteiger partial charge in [0.1, 0.15) is 0 Å². The van der Waals surface area contributed by atoms with Crippen LogP contribution in [0.25, 0.3) is 11.1 Å². The summed E-state index contributed by atoms with van der Waals surface area (Å²) in [5.74, 6) is 0.416. The maximum atomic E-state index is 12.3. The van der Waals surface area contributed by atoms with Gasteiger partial charge in [0.25, 0.3) is 0 Å². The molecule has 0 bridgehead atoms. The lowest BCUT2D eigenvalue weighted by molar-refractivity contribution is 0.0332. The van der Waals surface area contributed by atoms with Gasteiger partial charge in [0, 0.05) is 19.3 Å². The molecule has 0 spiro atoms. The van der Waals surface area contributed by atoms with Crippen molar-refractivity contribution in [3.05, 3.63) is 54.1 Å². The predicted octanol–water partition coefficient (Wildman–Crippen LogP) is 4.54. The second-order valence-electron chi connectivity index (χ2n) is 7.33. The fourth-order valence-corrected chi connectivity index (χ4v) is 3.44. The molecule has 2 amide bonds. The lowest BCUT2D eigenvalue weighted by Gasteiger charge is -2.34. The summed E-state index contributed by atoms with van der Waals surface area (Å²) in [5.41, 5.74) is 4.48. The summed E-state index contributed by atoms with van der Waals surface area (Å²) in [7, 11) is 1.80. The Bertz CT molecular complexity index is 719. The van der Waals surface area contributed by atoms with Crippen LogP contribution in [0.2, 0.25) is 0 Å². The van der Waals surface area contributed by atoms with Gasteiger partial charge in [0.2, 0.25) is 0 Å². The Balaban J connectivity index is 1.56. The molecule has 2 N–H and O–H groups in total. The van der Waals surface area contributed by atoms with Crippen molar-refractivity contribution in [2.24, 2.45) is 5.92 Å². The number of carbonyl (C=O) groups excluding carboxylic acids is 1. The Hall–Kier alpha value is -2.33. The van der Waals surface area contributed by atoms with E-state index in [0.29, 0.717) is 12.5 Å². The van der Waals surface area contributed by atoms with E-state index in [9.17, 15) is 9.90 Å². The van der Waals surface area contributed by atoms with Gasteiger partial charge in [-0.3, -0.25) is 0 Å². The molecular weight excluding hydrogens is 324 g/mol. The fraction of sp³-hybridized carbons (Fsp3) is 0.409. The number of aliphatic hydroxyl groups is 1. The van der Waals surface area contributed by atoms with Crippen molar-refractivity contribution in [2.45, 2.75) is 38.7 Å². The zero-order valence-electron chi connectivity index (χ0n) is 15.6. The highest BCUT2D eigenvalue weighted by molar-refractivity contribution is 5.89. The van der Waals surface area contributed by atoms with Gasteiger partial charge < -0.3 is 15.3 Å². The number of carbonyl (C=O) groups is 1. The van der Waals surface area contributed by atoms with E-state index in [1.807, 2.05) is 24.3 Å². The second-order valence-corrected chi connectivity index (χ2v) is 7.33. The Labute approximate surface area is 155 Å². The largest absolute Gasteiger partial charge is 0.393 e. The molecule has 4 heteroatoms. The first kappa shape index (κ1) is 18.5. The summed E-state index contributed by atoms with van der Waals surface area (Å²) in [6.07, 6.45) is 3.68. The summed E-state index contributed by atoms with van der Waals surface area (Å²) in [6, 6.07) is 16.5. The third kappa shape index (κ3) is 4.64.